The average molecular weight is 375 g/mol. The molecule has 7 atom stereocenters. The number of hydrogen-bond donors (Lipinski definition) is 0. The molecule has 1 heterocycles. The molecule has 0 bridgehead atoms. The average Bonchev–Trinajstić information content (AvgIpc) is 2.99. The Morgan fingerprint density at radius 2 is 1.67 bits per heavy atom. The monoisotopic (exact) mass is 374 g/mol. The van der Waals surface area contributed by atoms with Crippen molar-refractivity contribution in [1.29, 1.82) is 0 Å². The number of carbonyl (C=O) groups is 1. The van der Waals surface area contributed by atoms with Crippen LogP contribution in [0.2, 0.25) is 0 Å². The highest BCUT2D eigenvalue weighted by atomic mass is 16.2. The Bertz CT molecular complexity index is 573. The summed E-state index contributed by atoms with van der Waals surface area (Å²) in [4.78, 5) is 18.1. The molecular weight excluding hydrogens is 332 g/mol. The van der Waals surface area contributed by atoms with Gasteiger partial charge in [-0.25, -0.2) is 0 Å². The van der Waals surface area contributed by atoms with Crippen LogP contribution in [0.15, 0.2) is 0 Å². The van der Waals surface area contributed by atoms with Crippen molar-refractivity contribution in [3.63, 3.8) is 0 Å². The first-order chi connectivity index (χ1) is 12.9. The van der Waals surface area contributed by atoms with Gasteiger partial charge in [-0.2, -0.15) is 0 Å². The Kier molecular flexibility index (Phi) is 5.15. The van der Waals surface area contributed by atoms with E-state index in [0.717, 1.165) is 43.3 Å². The fourth-order valence-electron chi connectivity index (χ4n) is 8.54. The van der Waals surface area contributed by atoms with Crippen LogP contribution in [0.5, 0.6) is 0 Å². The summed E-state index contributed by atoms with van der Waals surface area (Å²) in [5, 5.41) is 0. The summed E-state index contributed by atoms with van der Waals surface area (Å²) in [5.41, 5.74) is 0.767. The lowest BCUT2D eigenvalue weighted by molar-refractivity contribution is -0.147. The van der Waals surface area contributed by atoms with Gasteiger partial charge in [0.15, 0.2) is 0 Å². The largest absolute Gasteiger partial charge is 0.343 e. The van der Waals surface area contributed by atoms with Gasteiger partial charge >= 0.3 is 0 Å². The van der Waals surface area contributed by atoms with Crippen molar-refractivity contribution >= 4 is 5.91 Å². The van der Waals surface area contributed by atoms with E-state index in [1.54, 1.807) is 0 Å². The maximum atomic E-state index is 13.3. The predicted octanol–water partition coefficient (Wildman–Crippen LogP) is 4.81. The van der Waals surface area contributed by atoms with Crippen LogP contribution in [-0.2, 0) is 4.79 Å². The number of fused-ring (bicyclic) bond motifs is 5. The molecule has 0 spiro atoms. The molecule has 0 aromatic heterocycles. The summed E-state index contributed by atoms with van der Waals surface area (Å²) in [5.74, 6) is 3.28. The van der Waals surface area contributed by atoms with Crippen LogP contribution in [0.1, 0.15) is 79.1 Å². The first-order valence-electron chi connectivity index (χ1n) is 11.9. The lowest BCUT2D eigenvalue weighted by Crippen LogP contribution is -2.60. The molecule has 3 heteroatoms. The highest BCUT2D eigenvalue weighted by molar-refractivity contribution is 5.80. The molecule has 154 valence electrons. The summed E-state index contributed by atoms with van der Waals surface area (Å²) in [7, 11) is 2.36. The number of piperidine rings is 1. The van der Waals surface area contributed by atoms with E-state index in [1.807, 2.05) is 0 Å². The highest BCUT2D eigenvalue weighted by Crippen LogP contribution is 2.66. The molecule has 4 fully saturated rings. The molecule has 27 heavy (non-hydrogen) atoms. The van der Waals surface area contributed by atoms with Gasteiger partial charge in [-0.1, -0.05) is 13.8 Å². The second kappa shape index (κ2) is 7.04. The van der Waals surface area contributed by atoms with Crippen LogP contribution in [0, 0.1) is 34.5 Å². The van der Waals surface area contributed by atoms with E-state index in [4.69, 9.17) is 0 Å². The summed E-state index contributed by atoms with van der Waals surface area (Å²) in [6.45, 7) is 12.4. The zero-order valence-corrected chi connectivity index (χ0v) is 18.5. The summed E-state index contributed by atoms with van der Waals surface area (Å²) >= 11 is 0. The highest BCUT2D eigenvalue weighted by Gasteiger charge is 2.61. The topological polar surface area (TPSA) is 23.6 Å². The molecular formula is C24H42N2O. The molecule has 3 aliphatic carbocycles. The predicted molar refractivity (Wildman–Crippen MR) is 111 cm³/mol. The normalized spacial score (nSPS) is 47.1. The van der Waals surface area contributed by atoms with Gasteiger partial charge < -0.3 is 9.80 Å². The standard InChI is InChI=1S/C24H42N2O/c1-6-26(7-2)22(27)20-11-10-18-17-9-12-21-24(4,14-8-16-25(21)5)19(17)13-15-23(18,20)3/h17-21H,6-16H2,1-5H3/t17?,18?,19?,20-,21?,23?,24?/m1/s1. The Labute approximate surface area is 167 Å². The van der Waals surface area contributed by atoms with E-state index in [0.29, 0.717) is 11.3 Å². The van der Waals surface area contributed by atoms with Crippen LogP contribution in [0.4, 0.5) is 0 Å². The van der Waals surface area contributed by atoms with E-state index in [9.17, 15) is 4.79 Å². The summed E-state index contributed by atoms with van der Waals surface area (Å²) < 4.78 is 0. The molecule has 6 unspecified atom stereocenters. The first-order valence-corrected chi connectivity index (χ1v) is 11.9. The Balaban J connectivity index is 1.58. The number of hydrogen-bond acceptors (Lipinski definition) is 2. The van der Waals surface area contributed by atoms with Crippen LogP contribution >= 0.6 is 0 Å². The second-order valence-corrected chi connectivity index (χ2v) is 10.7. The maximum Gasteiger partial charge on any atom is 0.226 e. The van der Waals surface area contributed by atoms with Crippen molar-refractivity contribution in [2.75, 3.05) is 26.7 Å². The van der Waals surface area contributed by atoms with Gasteiger partial charge in [0.1, 0.15) is 0 Å². The van der Waals surface area contributed by atoms with Gasteiger partial charge in [0.25, 0.3) is 0 Å². The summed E-state index contributed by atoms with van der Waals surface area (Å²) in [6, 6.07) is 0.798. The molecule has 1 amide bonds. The van der Waals surface area contributed by atoms with Crippen molar-refractivity contribution in [2.24, 2.45) is 34.5 Å². The smallest absolute Gasteiger partial charge is 0.226 e. The zero-order chi connectivity index (χ0) is 19.4. The van der Waals surface area contributed by atoms with Gasteiger partial charge in [0.2, 0.25) is 5.91 Å². The van der Waals surface area contributed by atoms with Crippen molar-refractivity contribution in [1.82, 2.24) is 9.80 Å². The van der Waals surface area contributed by atoms with Crippen LogP contribution in [0.25, 0.3) is 0 Å². The van der Waals surface area contributed by atoms with Gasteiger partial charge in [-0.3, -0.25) is 4.79 Å². The number of nitrogens with zero attached hydrogens (tertiary/aromatic N) is 2. The van der Waals surface area contributed by atoms with Crippen molar-refractivity contribution in [2.45, 2.75) is 85.1 Å². The lowest BCUT2D eigenvalue weighted by Gasteiger charge is -2.62. The molecule has 1 aliphatic heterocycles. The molecule has 0 N–H and O–H groups in total. The fourth-order valence-corrected chi connectivity index (χ4v) is 8.54. The molecule has 0 radical (unpaired) electrons. The number of amides is 1. The molecule has 4 aliphatic rings. The van der Waals surface area contributed by atoms with Crippen LogP contribution in [0.3, 0.4) is 0 Å². The SMILES string of the molecule is CCN(CC)C(=O)[C@H]1CCC2C3CCC4N(C)CCCC4(C)C3CCC21C. The maximum absolute atomic E-state index is 13.3. The first kappa shape index (κ1) is 19.7. The number of likely N-dealkylation sites (tertiary alicyclic amines) is 1. The van der Waals surface area contributed by atoms with E-state index >= 15 is 0 Å². The van der Waals surface area contributed by atoms with E-state index in [-0.39, 0.29) is 11.3 Å². The number of rotatable bonds is 3. The molecule has 0 aromatic carbocycles. The lowest BCUT2D eigenvalue weighted by atomic mass is 9.47. The Morgan fingerprint density at radius 1 is 0.963 bits per heavy atom. The zero-order valence-electron chi connectivity index (χ0n) is 18.5. The third kappa shape index (κ3) is 2.81. The van der Waals surface area contributed by atoms with Gasteiger partial charge in [-0.05, 0) is 107 Å². The van der Waals surface area contributed by atoms with Crippen molar-refractivity contribution < 1.29 is 4.79 Å². The van der Waals surface area contributed by atoms with Gasteiger partial charge in [0, 0.05) is 25.0 Å². The minimum Gasteiger partial charge on any atom is -0.343 e. The Morgan fingerprint density at radius 3 is 2.37 bits per heavy atom. The quantitative estimate of drug-likeness (QED) is 0.708. The van der Waals surface area contributed by atoms with E-state index < -0.39 is 0 Å². The molecule has 4 rings (SSSR count). The minimum atomic E-state index is 0.255. The third-order valence-corrected chi connectivity index (χ3v) is 9.95. The second-order valence-electron chi connectivity index (χ2n) is 10.7. The van der Waals surface area contributed by atoms with Gasteiger partial charge in [0.05, 0.1) is 0 Å². The van der Waals surface area contributed by atoms with Gasteiger partial charge in [-0.15, -0.1) is 0 Å². The van der Waals surface area contributed by atoms with Crippen LogP contribution in [-0.4, -0.2) is 48.4 Å². The molecule has 0 aromatic rings. The van der Waals surface area contributed by atoms with E-state index in [2.05, 4.69) is 44.5 Å². The molecule has 3 nitrogen and oxygen atoms in total. The molecule has 3 saturated carbocycles. The fraction of sp³-hybridized carbons (Fsp3) is 0.958. The van der Waals surface area contributed by atoms with E-state index in [1.165, 1.54) is 51.5 Å². The molecule has 1 saturated heterocycles. The number of carbonyl (C=O) groups excluding carboxylic acids is 1. The van der Waals surface area contributed by atoms with Crippen molar-refractivity contribution in [3.05, 3.63) is 0 Å². The summed E-state index contributed by atoms with van der Waals surface area (Å²) in [6.07, 6.45) is 10.7. The third-order valence-electron chi connectivity index (χ3n) is 9.95. The van der Waals surface area contributed by atoms with Crippen molar-refractivity contribution in [3.8, 4) is 0 Å². The Hall–Kier alpha value is -0.570. The van der Waals surface area contributed by atoms with Crippen LogP contribution < -0.4 is 0 Å². The minimum absolute atomic E-state index is 0.255.